The fraction of sp³-hybridized carbons (Fsp3) is 0.500. The van der Waals surface area contributed by atoms with Crippen molar-refractivity contribution in [1.29, 1.82) is 0 Å². The molecule has 1 heterocycles. The van der Waals surface area contributed by atoms with E-state index in [1.54, 1.807) is 18.3 Å². The number of nitrogens with one attached hydrogen (secondary N) is 1. The number of nitrogens with two attached hydrogens (primary N) is 1. The van der Waals surface area contributed by atoms with Crippen LogP contribution in [-0.4, -0.2) is 16.9 Å². The third-order valence-electron chi connectivity index (χ3n) is 2.91. The number of anilines is 1. The summed E-state index contributed by atoms with van der Waals surface area (Å²) in [4.78, 5) is 15.8. The highest BCUT2D eigenvalue weighted by atomic mass is 16.1. The van der Waals surface area contributed by atoms with Crippen LogP contribution < -0.4 is 11.1 Å². The molecule has 0 bridgehead atoms. The van der Waals surface area contributed by atoms with Gasteiger partial charge in [0.05, 0.1) is 5.69 Å². The second-order valence-electron chi connectivity index (χ2n) is 4.09. The molecule has 0 aromatic carbocycles. The number of hydrogen-bond acceptors (Lipinski definition) is 3. The number of carbonyl (C=O) groups is 1. The molecule has 3 N–H and O–H groups in total. The SMILES string of the molecule is CCC(C)C(C)NC(=O)c1ncccc1N. The molecule has 4 heteroatoms. The van der Waals surface area contributed by atoms with Crippen molar-refractivity contribution >= 4 is 11.6 Å². The van der Waals surface area contributed by atoms with Crippen molar-refractivity contribution in [1.82, 2.24) is 10.3 Å². The first kappa shape index (κ1) is 12.5. The van der Waals surface area contributed by atoms with E-state index in [9.17, 15) is 4.79 Å². The zero-order chi connectivity index (χ0) is 12.1. The van der Waals surface area contributed by atoms with Gasteiger partial charge in [0.25, 0.3) is 5.91 Å². The first-order valence-corrected chi connectivity index (χ1v) is 5.57. The summed E-state index contributed by atoms with van der Waals surface area (Å²) in [5, 5.41) is 2.91. The molecule has 0 saturated heterocycles. The maximum Gasteiger partial charge on any atom is 0.272 e. The third-order valence-corrected chi connectivity index (χ3v) is 2.91. The smallest absolute Gasteiger partial charge is 0.272 e. The molecule has 2 unspecified atom stereocenters. The lowest BCUT2D eigenvalue weighted by atomic mass is 10.0. The molecule has 1 amide bonds. The predicted molar refractivity (Wildman–Crippen MR) is 65.0 cm³/mol. The molecule has 1 aromatic rings. The number of pyridine rings is 1. The molecule has 0 aliphatic rings. The molecule has 16 heavy (non-hydrogen) atoms. The number of carbonyl (C=O) groups excluding carboxylic acids is 1. The molecule has 0 saturated carbocycles. The minimum Gasteiger partial charge on any atom is -0.397 e. The Morgan fingerprint density at radius 2 is 2.25 bits per heavy atom. The summed E-state index contributed by atoms with van der Waals surface area (Å²) < 4.78 is 0. The van der Waals surface area contributed by atoms with Crippen molar-refractivity contribution < 1.29 is 4.79 Å². The van der Waals surface area contributed by atoms with Gasteiger partial charge in [-0.25, -0.2) is 4.98 Å². The number of rotatable bonds is 4. The maximum absolute atomic E-state index is 11.8. The van der Waals surface area contributed by atoms with Crippen molar-refractivity contribution in [3.63, 3.8) is 0 Å². The first-order chi connectivity index (χ1) is 7.56. The highest BCUT2D eigenvalue weighted by Gasteiger charge is 2.16. The standard InChI is InChI=1S/C12H19N3O/c1-4-8(2)9(3)15-12(16)11-10(13)6-5-7-14-11/h5-9H,4,13H2,1-3H3,(H,15,16). The van der Waals surface area contributed by atoms with E-state index in [2.05, 4.69) is 24.1 Å². The van der Waals surface area contributed by atoms with Crippen LogP contribution in [-0.2, 0) is 0 Å². The lowest BCUT2D eigenvalue weighted by Gasteiger charge is -2.19. The molecule has 1 aromatic heterocycles. The lowest BCUT2D eigenvalue weighted by Crippen LogP contribution is -2.37. The highest BCUT2D eigenvalue weighted by Crippen LogP contribution is 2.10. The molecular weight excluding hydrogens is 202 g/mol. The van der Waals surface area contributed by atoms with Crippen molar-refractivity contribution in [2.75, 3.05) is 5.73 Å². The van der Waals surface area contributed by atoms with Gasteiger partial charge in [-0.05, 0) is 25.0 Å². The van der Waals surface area contributed by atoms with Crippen LogP contribution in [0.3, 0.4) is 0 Å². The lowest BCUT2D eigenvalue weighted by molar-refractivity contribution is 0.0924. The number of nitrogen functional groups attached to an aromatic ring is 1. The van der Waals surface area contributed by atoms with E-state index in [0.29, 0.717) is 17.3 Å². The number of aromatic nitrogens is 1. The Morgan fingerprint density at radius 1 is 1.56 bits per heavy atom. The van der Waals surface area contributed by atoms with Crippen LogP contribution >= 0.6 is 0 Å². The Hall–Kier alpha value is -1.58. The molecule has 2 atom stereocenters. The van der Waals surface area contributed by atoms with Crippen LogP contribution in [0.15, 0.2) is 18.3 Å². The molecule has 88 valence electrons. The minimum absolute atomic E-state index is 0.124. The monoisotopic (exact) mass is 221 g/mol. The predicted octanol–water partition coefficient (Wildman–Crippen LogP) is 1.83. The van der Waals surface area contributed by atoms with E-state index < -0.39 is 0 Å². The van der Waals surface area contributed by atoms with Gasteiger partial charge in [-0.1, -0.05) is 20.3 Å². The number of amides is 1. The van der Waals surface area contributed by atoms with E-state index >= 15 is 0 Å². The average molecular weight is 221 g/mol. The molecule has 0 aliphatic carbocycles. The Kier molecular flexibility index (Phi) is 4.28. The average Bonchev–Trinajstić information content (AvgIpc) is 2.28. The zero-order valence-electron chi connectivity index (χ0n) is 10.0. The fourth-order valence-corrected chi connectivity index (χ4v) is 1.38. The van der Waals surface area contributed by atoms with Gasteiger partial charge in [-0.15, -0.1) is 0 Å². The second-order valence-corrected chi connectivity index (χ2v) is 4.09. The minimum atomic E-state index is -0.203. The molecule has 1 rings (SSSR count). The summed E-state index contributed by atoms with van der Waals surface area (Å²) in [6, 6.07) is 3.51. The van der Waals surface area contributed by atoms with Crippen molar-refractivity contribution in [3.05, 3.63) is 24.0 Å². The van der Waals surface area contributed by atoms with E-state index in [-0.39, 0.29) is 11.9 Å². The maximum atomic E-state index is 11.8. The Morgan fingerprint density at radius 3 is 2.81 bits per heavy atom. The van der Waals surface area contributed by atoms with E-state index in [1.807, 2.05) is 6.92 Å². The summed E-state index contributed by atoms with van der Waals surface area (Å²) in [6.07, 6.45) is 2.60. The largest absolute Gasteiger partial charge is 0.397 e. The normalized spacial score (nSPS) is 14.2. The van der Waals surface area contributed by atoms with Gasteiger partial charge < -0.3 is 11.1 Å². The molecule has 0 fully saturated rings. The van der Waals surface area contributed by atoms with Crippen LogP contribution in [0.4, 0.5) is 5.69 Å². The quantitative estimate of drug-likeness (QED) is 0.815. The highest BCUT2D eigenvalue weighted by molar-refractivity contribution is 5.97. The van der Waals surface area contributed by atoms with Gasteiger partial charge in [0.2, 0.25) is 0 Å². The summed E-state index contributed by atoms with van der Waals surface area (Å²) in [5.41, 5.74) is 6.40. The molecule has 0 radical (unpaired) electrons. The van der Waals surface area contributed by atoms with E-state index in [4.69, 9.17) is 5.73 Å². The van der Waals surface area contributed by atoms with Crippen LogP contribution in [0.2, 0.25) is 0 Å². The molecule has 0 spiro atoms. The van der Waals surface area contributed by atoms with E-state index in [1.165, 1.54) is 0 Å². The van der Waals surface area contributed by atoms with Crippen molar-refractivity contribution in [2.24, 2.45) is 5.92 Å². The Balaban J connectivity index is 2.70. The Bertz CT molecular complexity index is 365. The van der Waals surface area contributed by atoms with Crippen LogP contribution in [0, 0.1) is 5.92 Å². The second kappa shape index (κ2) is 5.49. The molecular formula is C12H19N3O. The van der Waals surface area contributed by atoms with Crippen LogP contribution in [0.1, 0.15) is 37.7 Å². The summed E-state index contributed by atoms with van der Waals surface area (Å²) in [6.45, 7) is 6.19. The number of nitrogens with zero attached hydrogens (tertiary/aromatic N) is 1. The third kappa shape index (κ3) is 2.95. The van der Waals surface area contributed by atoms with E-state index in [0.717, 1.165) is 6.42 Å². The van der Waals surface area contributed by atoms with Gasteiger partial charge >= 0.3 is 0 Å². The van der Waals surface area contributed by atoms with Gasteiger partial charge in [0, 0.05) is 12.2 Å². The summed E-state index contributed by atoms with van der Waals surface area (Å²) in [5.74, 6) is 0.236. The number of hydrogen-bond donors (Lipinski definition) is 2. The van der Waals surface area contributed by atoms with Crippen LogP contribution in [0.25, 0.3) is 0 Å². The first-order valence-electron chi connectivity index (χ1n) is 5.57. The topological polar surface area (TPSA) is 68.0 Å². The van der Waals surface area contributed by atoms with Crippen LogP contribution in [0.5, 0.6) is 0 Å². The van der Waals surface area contributed by atoms with Gasteiger partial charge in [0.1, 0.15) is 0 Å². The van der Waals surface area contributed by atoms with Gasteiger partial charge in [0.15, 0.2) is 5.69 Å². The van der Waals surface area contributed by atoms with Crippen molar-refractivity contribution in [3.8, 4) is 0 Å². The fourth-order valence-electron chi connectivity index (χ4n) is 1.38. The molecule has 4 nitrogen and oxygen atoms in total. The summed E-state index contributed by atoms with van der Waals surface area (Å²) >= 11 is 0. The van der Waals surface area contributed by atoms with Crippen molar-refractivity contribution in [2.45, 2.75) is 33.2 Å². The zero-order valence-corrected chi connectivity index (χ0v) is 10.0. The molecule has 0 aliphatic heterocycles. The van der Waals surface area contributed by atoms with Gasteiger partial charge in [-0.3, -0.25) is 4.79 Å². The Labute approximate surface area is 96.3 Å². The van der Waals surface area contributed by atoms with Gasteiger partial charge in [-0.2, -0.15) is 0 Å². The summed E-state index contributed by atoms with van der Waals surface area (Å²) in [7, 11) is 0.